The third-order valence-corrected chi connectivity index (χ3v) is 4.63. The van der Waals surface area contributed by atoms with Crippen molar-refractivity contribution in [2.45, 2.75) is 38.5 Å². The van der Waals surface area contributed by atoms with Crippen molar-refractivity contribution in [3.05, 3.63) is 64.7 Å². The summed E-state index contributed by atoms with van der Waals surface area (Å²) in [7, 11) is 0. The maximum Gasteiger partial charge on any atom is 0.343 e. The molecule has 0 atom stereocenters. The number of carbonyl (C=O) groups is 2. The predicted molar refractivity (Wildman–Crippen MR) is 90.8 cm³/mol. The minimum absolute atomic E-state index is 0.142. The summed E-state index contributed by atoms with van der Waals surface area (Å²) >= 11 is 0. The molecule has 0 saturated carbocycles. The largest absolute Gasteiger partial charge is 0.478 e. The van der Waals surface area contributed by atoms with Crippen LogP contribution in [0, 0.1) is 0 Å². The molecule has 1 aliphatic carbocycles. The summed E-state index contributed by atoms with van der Waals surface area (Å²) in [5.41, 5.74) is 3.33. The first-order chi connectivity index (χ1) is 11.4. The fourth-order valence-corrected chi connectivity index (χ4v) is 3.27. The fraction of sp³-hybridized carbons (Fsp3) is 0.300. The van der Waals surface area contributed by atoms with Crippen LogP contribution in [0.2, 0.25) is 0 Å². The Morgan fingerprint density at radius 2 is 1.71 bits per heavy atom. The van der Waals surface area contributed by atoms with E-state index in [1.807, 2.05) is 12.1 Å². The molecule has 2 aromatic rings. The van der Waals surface area contributed by atoms with Crippen molar-refractivity contribution in [3.63, 3.8) is 0 Å². The lowest BCUT2D eigenvalue weighted by molar-refractivity contribution is 0.0696. The van der Waals surface area contributed by atoms with Gasteiger partial charge in [-0.25, -0.2) is 9.59 Å². The molecule has 0 amide bonds. The molecule has 0 unspecified atom stereocenters. The van der Waals surface area contributed by atoms with Crippen LogP contribution >= 0.6 is 0 Å². The molecule has 0 fully saturated rings. The molecule has 1 N–H and O–H groups in total. The van der Waals surface area contributed by atoms with Crippen molar-refractivity contribution in [1.82, 2.24) is 0 Å². The van der Waals surface area contributed by atoms with E-state index < -0.39 is 11.9 Å². The van der Waals surface area contributed by atoms with Crippen molar-refractivity contribution in [2.75, 3.05) is 0 Å². The standard InChI is InChI=1S/C20H20O4/c1-20(2)11-3-4-14-12-15(7-10-17(14)20)19(23)24-16-8-5-13(6-9-16)18(21)22/h5-10,12H,3-4,11H2,1-2H3,(H,21,22). The first kappa shape index (κ1) is 16.2. The number of carbonyl (C=O) groups excluding carboxylic acids is 1. The third kappa shape index (κ3) is 3.18. The monoisotopic (exact) mass is 324 g/mol. The highest BCUT2D eigenvalue weighted by Gasteiger charge is 2.27. The van der Waals surface area contributed by atoms with Crippen LogP contribution < -0.4 is 4.74 Å². The second kappa shape index (κ2) is 6.11. The highest BCUT2D eigenvalue weighted by Crippen LogP contribution is 2.37. The van der Waals surface area contributed by atoms with Crippen molar-refractivity contribution in [3.8, 4) is 5.75 Å². The molecule has 4 heteroatoms. The van der Waals surface area contributed by atoms with Crippen LogP contribution in [-0.2, 0) is 11.8 Å². The Bertz CT molecular complexity index is 788. The molecule has 0 bridgehead atoms. The summed E-state index contributed by atoms with van der Waals surface area (Å²) < 4.78 is 5.35. The Morgan fingerprint density at radius 1 is 1.04 bits per heavy atom. The molecular weight excluding hydrogens is 304 g/mol. The van der Waals surface area contributed by atoms with E-state index in [-0.39, 0.29) is 11.0 Å². The van der Waals surface area contributed by atoms with Gasteiger partial charge in [0.1, 0.15) is 5.75 Å². The van der Waals surface area contributed by atoms with Gasteiger partial charge in [-0.1, -0.05) is 19.9 Å². The molecular formula is C20H20O4. The maximum atomic E-state index is 12.3. The van der Waals surface area contributed by atoms with Crippen molar-refractivity contribution in [1.29, 1.82) is 0 Å². The minimum atomic E-state index is -1.01. The molecule has 4 nitrogen and oxygen atoms in total. The summed E-state index contributed by atoms with van der Waals surface area (Å²) in [6.45, 7) is 4.46. The van der Waals surface area contributed by atoms with E-state index in [2.05, 4.69) is 13.8 Å². The molecule has 1 aliphatic rings. The van der Waals surface area contributed by atoms with Gasteiger partial charge in [0.25, 0.3) is 0 Å². The van der Waals surface area contributed by atoms with E-state index >= 15 is 0 Å². The van der Waals surface area contributed by atoms with Crippen molar-refractivity contribution in [2.24, 2.45) is 0 Å². The Hall–Kier alpha value is -2.62. The summed E-state index contributed by atoms with van der Waals surface area (Å²) in [5, 5.41) is 8.88. The number of rotatable bonds is 3. The number of hydrogen-bond donors (Lipinski definition) is 1. The molecule has 0 heterocycles. The number of benzene rings is 2. The average molecular weight is 324 g/mol. The van der Waals surface area contributed by atoms with Gasteiger partial charge >= 0.3 is 11.9 Å². The van der Waals surface area contributed by atoms with Crippen LogP contribution in [0.25, 0.3) is 0 Å². The molecule has 24 heavy (non-hydrogen) atoms. The van der Waals surface area contributed by atoms with Crippen LogP contribution in [-0.4, -0.2) is 17.0 Å². The molecule has 3 rings (SSSR count). The normalized spacial score (nSPS) is 15.4. The molecule has 0 aromatic heterocycles. The van der Waals surface area contributed by atoms with E-state index in [0.29, 0.717) is 11.3 Å². The lowest BCUT2D eigenvalue weighted by atomic mass is 9.72. The lowest BCUT2D eigenvalue weighted by Crippen LogP contribution is -2.24. The van der Waals surface area contributed by atoms with Gasteiger partial charge in [0.15, 0.2) is 0 Å². The Labute approximate surface area is 141 Å². The fourth-order valence-electron chi connectivity index (χ4n) is 3.27. The van der Waals surface area contributed by atoms with E-state index in [4.69, 9.17) is 9.84 Å². The van der Waals surface area contributed by atoms with Gasteiger partial charge in [-0.05, 0) is 72.2 Å². The summed E-state index contributed by atoms with van der Waals surface area (Å²) in [6, 6.07) is 11.6. The van der Waals surface area contributed by atoms with Gasteiger partial charge in [-0.15, -0.1) is 0 Å². The van der Waals surface area contributed by atoms with Gasteiger partial charge in [0.2, 0.25) is 0 Å². The number of ether oxygens (including phenoxy) is 1. The van der Waals surface area contributed by atoms with Crippen molar-refractivity contribution >= 4 is 11.9 Å². The zero-order valence-electron chi connectivity index (χ0n) is 13.8. The quantitative estimate of drug-likeness (QED) is 0.678. The topological polar surface area (TPSA) is 63.6 Å². The Balaban J connectivity index is 1.79. The predicted octanol–water partition coefficient (Wildman–Crippen LogP) is 4.22. The number of esters is 1. The smallest absolute Gasteiger partial charge is 0.343 e. The highest BCUT2D eigenvalue weighted by atomic mass is 16.5. The molecule has 0 spiro atoms. The molecule has 0 radical (unpaired) electrons. The summed E-state index contributed by atoms with van der Waals surface area (Å²) in [4.78, 5) is 23.2. The van der Waals surface area contributed by atoms with Gasteiger partial charge in [-0.3, -0.25) is 0 Å². The number of fused-ring (bicyclic) bond motifs is 1. The molecule has 0 aliphatic heterocycles. The van der Waals surface area contributed by atoms with Crippen LogP contribution in [0.15, 0.2) is 42.5 Å². The molecule has 0 saturated heterocycles. The van der Waals surface area contributed by atoms with Gasteiger partial charge < -0.3 is 9.84 Å². The van der Waals surface area contributed by atoms with E-state index in [9.17, 15) is 9.59 Å². The van der Waals surface area contributed by atoms with Crippen LogP contribution in [0.3, 0.4) is 0 Å². The van der Waals surface area contributed by atoms with Gasteiger partial charge in [0.05, 0.1) is 11.1 Å². The van der Waals surface area contributed by atoms with Gasteiger partial charge in [-0.2, -0.15) is 0 Å². The highest BCUT2D eigenvalue weighted by molar-refractivity contribution is 5.92. The van der Waals surface area contributed by atoms with E-state index in [1.54, 1.807) is 6.07 Å². The maximum absolute atomic E-state index is 12.3. The van der Waals surface area contributed by atoms with Crippen molar-refractivity contribution < 1.29 is 19.4 Å². The molecule has 2 aromatic carbocycles. The SMILES string of the molecule is CC1(C)CCCc2cc(C(=O)Oc3ccc(C(=O)O)cc3)ccc21. The second-order valence-electron chi connectivity index (χ2n) is 6.83. The second-order valence-corrected chi connectivity index (χ2v) is 6.83. The summed E-state index contributed by atoms with van der Waals surface area (Å²) in [5.74, 6) is -1.10. The number of carboxylic acid groups (broad SMARTS) is 1. The Morgan fingerprint density at radius 3 is 2.38 bits per heavy atom. The Kier molecular flexibility index (Phi) is 4.14. The van der Waals surface area contributed by atoms with Crippen LogP contribution in [0.1, 0.15) is 58.5 Å². The first-order valence-corrected chi connectivity index (χ1v) is 8.06. The van der Waals surface area contributed by atoms with Crippen LogP contribution in [0.4, 0.5) is 0 Å². The third-order valence-electron chi connectivity index (χ3n) is 4.63. The van der Waals surface area contributed by atoms with E-state index in [0.717, 1.165) is 19.3 Å². The van der Waals surface area contributed by atoms with Crippen LogP contribution in [0.5, 0.6) is 5.75 Å². The number of hydrogen-bond acceptors (Lipinski definition) is 3. The van der Waals surface area contributed by atoms with Gasteiger partial charge in [0, 0.05) is 0 Å². The number of aromatic carboxylic acids is 1. The lowest BCUT2D eigenvalue weighted by Gasteiger charge is -2.32. The minimum Gasteiger partial charge on any atom is -0.478 e. The van der Waals surface area contributed by atoms with E-state index in [1.165, 1.54) is 35.4 Å². The molecule has 124 valence electrons. The zero-order chi connectivity index (χ0) is 17.3. The zero-order valence-corrected chi connectivity index (χ0v) is 13.8. The number of aryl methyl sites for hydroxylation is 1. The average Bonchev–Trinajstić information content (AvgIpc) is 2.54. The number of carboxylic acids is 1. The first-order valence-electron chi connectivity index (χ1n) is 8.06. The summed E-state index contributed by atoms with van der Waals surface area (Å²) in [6.07, 6.45) is 3.25.